The van der Waals surface area contributed by atoms with E-state index in [1.54, 1.807) is 0 Å². The first-order valence-corrected chi connectivity index (χ1v) is 7.56. The molecule has 0 radical (unpaired) electrons. The molecule has 2 heterocycles. The number of benzene rings is 1. The third kappa shape index (κ3) is 3.12. The maximum atomic E-state index is 12.0. The molecule has 1 aromatic carbocycles. The Bertz CT molecular complexity index is 481. The molecule has 0 bridgehead atoms. The predicted octanol–water partition coefficient (Wildman–Crippen LogP) is 1.72. The Morgan fingerprint density at radius 2 is 2.10 bits per heavy atom. The first-order chi connectivity index (χ1) is 9.83. The van der Waals surface area contributed by atoms with E-state index >= 15 is 0 Å². The number of piperidine rings is 1. The van der Waals surface area contributed by atoms with Crippen molar-refractivity contribution in [2.45, 2.75) is 32.2 Å². The summed E-state index contributed by atoms with van der Waals surface area (Å²) in [6.07, 6.45) is 4.55. The van der Waals surface area contributed by atoms with Gasteiger partial charge in [0.1, 0.15) is 5.75 Å². The van der Waals surface area contributed by atoms with Crippen molar-refractivity contribution in [3.8, 4) is 5.75 Å². The summed E-state index contributed by atoms with van der Waals surface area (Å²) in [5, 5.41) is 3.26. The van der Waals surface area contributed by atoms with Crippen LogP contribution in [0.5, 0.6) is 5.75 Å². The van der Waals surface area contributed by atoms with Gasteiger partial charge in [-0.05, 0) is 36.5 Å². The molecule has 4 heteroatoms. The number of nitrogens with one attached hydrogen (secondary N) is 1. The summed E-state index contributed by atoms with van der Waals surface area (Å²) >= 11 is 0. The van der Waals surface area contributed by atoms with E-state index in [1.165, 1.54) is 17.5 Å². The average molecular weight is 274 g/mol. The standard InChI is InChI=1S/C16H22N2O2/c19-16(18-7-2-1-3-8-18)12-17-11-13-4-5-15-14(10-13)6-9-20-15/h4-5,10,17H,1-3,6-9,11-12H2. The van der Waals surface area contributed by atoms with Gasteiger partial charge in [0.25, 0.3) is 0 Å². The number of fused-ring (bicyclic) bond motifs is 1. The fourth-order valence-electron chi connectivity index (χ4n) is 2.92. The fourth-order valence-corrected chi connectivity index (χ4v) is 2.92. The van der Waals surface area contributed by atoms with Gasteiger partial charge in [-0.1, -0.05) is 12.1 Å². The maximum Gasteiger partial charge on any atom is 0.236 e. The molecule has 108 valence electrons. The van der Waals surface area contributed by atoms with Crippen LogP contribution in [0, 0.1) is 0 Å². The summed E-state index contributed by atoms with van der Waals surface area (Å²) in [4.78, 5) is 14.0. The monoisotopic (exact) mass is 274 g/mol. The Morgan fingerprint density at radius 1 is 1.25 bits per heavy atom. The smallest absolute Gasteiger partial charge is 0.236 e. The van der Waals surface area contributed by atoms with Crippen molar-refractivity contribution in [3.63, 3.8) is 0 Å². The highest BCUT2D eigenvalue weighted by molar-refractivity contribution is 5.78. The van der Waals surface area contributed by atoms with Gasteiger partial charge in [0.05, 0.1) is 13.2 Å². The number of ether oxygens (including phenoxy) is 1. The molecule has 2 aliphatic rings. The van der Waals surface area contributed by atoms with Crippen molar-refractivity contribution in [3.05, 3.63) is 29.3 Å². The van der Waals surface area contributed by atoms with E-state index in [-0.39, 0.29) is 5.91 Å². The van der Waals surface area contributed by atoms with Gasteiger partial charge < -0.3 is 15.0 Å². The number of amides is 1. The van der Waals surface area contributed by atoms with Gasteiger partial charge in [0.2, 0.25) is 5.91 Å². The lowest BCUT2D eigenvalue weighted by Gasteiger charge is -2.26. The molecule has 0 unspecified atom stereocenters. The van der Waals surface area contributed by atoms with Crippen LogP contribution in [-0.4, -0.2) is 37.0 Å². The number of carbonyl (C=O) groups is 1. The molecule has 1 fully saturated rings. The molecular formula is C16H22N2O2. The largest absolute Gasteiger partial charge is 0.493 e. The Labute approximate surface area is 120 Å². The molecule has 4 nitrogen and oxygen atoms in total. The van der Waals surface area contributed by atoms with Gasteiger partial charge in [-0.3, -0.25) is 4.79 Å². The van der Waals surface area contributed by atoms with Crippen molar-refractivity contribution >= 4 is 5.91 Å². The number of hydrogen-bond acceptors (Lipinski definition) is 3. The molecular weight excluding hydrogens is 252 g/mol. The minimum atomic E-state index is 0.231. The molecule has 1 saturated heterocycles. The molecule has 3 rings (SSSR count). The van der Waals surface area contributed by atoms with Gasteiger partial charge >= 0.3 is 0 Å². The summed E-state index contributed by atoms with van der Waals surface area (Å²) in [6, 6.07) is 6.29. The predicted molar refractivity (Wildman–Crippen MR) is 77.8 cm³/mol. The molecule has 1 aromatic rings. The third-order valence-electron chi connectivity index (χ3n) is 4.07. The lowest BCUT2D eigenvalue weighted by Crippen LogP contribution is -2.40. The maximum absolute atomic E-state index is 12.0. The number of likely N-dealkylation sites (tertiary alicyclic amines) is 1. The van der Waals surface area contributed by atoms with E-state index in [1.807, 2.05) is 11.0 Å². The van der Waals surface area contributed by atoms with Crippen LogP contribution < -0.4 is 10.1 Å². The normalized spacial score (nSPS) is 17.7. The zero-order chi connectivity index (χ0) is 13.8. The highest BCUT2D eigenvalue weighted by atomic mass is 16.5. The molecule has 2 aliphatic heterocycles. The van der Waals surface area contributed by atoms with Crippen molar-refractivity contribution in [2.75, 3.05) is 26.2 Å². The van der Waals surface area contributed by atoms with Gasteiger partial charge in [-0.15, -0.1) is 0 Å². The van der Waals surface area contributed by atoms with E-state index in [9.17, 15) is 4.79 Å². The van der Waals surface area contributed by atoms with Crippen molar-refractivity contribution in [2.24, 2.45) is 0 Å². The summed E-state index contributed by atoms with van der Waals surface area (Å²) < 4.78 is 5.49. The molecule has 0 spiro atoms. The minimum Gasteiger partial charge on any atom is -0.493 e. The molecule has 0 saturated carbocycles. The zero-order valence-electron chi connectivity index (χ0n) is 11.9. The molecule has 1 amide bonds. The topological polar surface area (TPSA) is 41.6 Å². The van der Waals surface area contributed by atoms with Crippen LogP contribution >= 0.6 is 0 Å². The third-order valence-corrected chi connectivity index (χ3v) is 4.07. The Kier molecular flexibility index (Phi) is 4.21. The highest BCUT2D eigenvalue weighted by Gasteiger charge is 2.16. The summed E-state index contributed by atoms with van der Waals surface area (Å²) in [6.45, 7) is 3.83. The van der Waals surface area contributed by atoms with E-state index < -0.39 is 0 Å². The fraction of sp³-hybridized carbons (Fsp3) is 0.562. The highest BCUT2D eigenvalue weighted by Crippen LogP contribution is 2.25. The second kappa shape index (κ2) is 6.27. The zero-order valence-corrected chi connectivity index (χ0v) is 11.9. The number of hydrogen-bond donors (Lipinski definition) is 1. The number of carbonyl (C=O) groups excluding carboxylic acids is 1. The SMILES string of the molecule is O=C(CNCc1ccc2c(c1)CCO2)N1CCCCC1. The van der Waals surface area contributed by atoms with Crippen LogP contribution in [0.4, 0.5) is 0 Å². The summed E-state index contributed by atoms with van der Waals surface area (Å²) in [7, 11) is 0. The van der Waals surface area contributed by atoms with Crippen LogP contribution in [-0.2, 0) is 17.8 Å². The van der Waals surface area contributed by atoms with Crippen molar-refractivity contribution in [1.29, 1.82) is 0 Å². The molecule has 0 aliphatic carbocycles. The van der Waals surface area contributed by atoms with Crippen molar-refractivity contribution in [1.82, 2.24) is 10.2 Å². The van der Waals surface area contributed by atoms with Crippen molar-refractivity contribution < 1.29 is 9.53 Å². The number of nitrogens with zero attached hydrogens (tertiary/aromatic N) is 1. The second-order valence-electron chi connectivity index (χ2n) is 5.59. The minimum absolute atomic E-state index is 0.231. The van der Waals surface area contributed by atoms with Gasteiger partial charge in [0.15, 0.2) is 0 Å². The first-order valence-electron chi connectivity index (χ1n) is 7.56. The number of rotatable bonds is 4. The van der Waals surface area contributed by atoms with E-state index in [0.717, 1.165) is 51.3 Å². The Hall–Kier alpha value is -1.55. The van der Waals surface area contributed by atoms with Crippen LogP contribution in [0.15, 0.2) is 18.2 Å². The first kappa shape index (κ1) is 13.4. The van der Waals surface area contributed by atoms with Gasteiger partial charge in [0, 0.05) is 26.1 Å². The average Bonchev–Trinajstić information content (AvgIpc) is 2.95. The van der Waals surface area contributed by atoms with E-state index in [2.05, 4.69) is 17.4 Å². The van der Waals surface area contributed by atoms with Crippen LogP contribution in [0.3, 0.4) is 0 Å². The van der Waals surface area contributed by atoms with Crippen LogP contribution in [0.25, 0.3) is 0 Å². The van der Waals surface area contributed by atoms with Gasteiger partial charge in [-0.2, -0.15) is 0 Å². The quantitative estimate of drug-likeness (QED) is 0.909. The molecule has 0 atom stereocenters. The summed E-state index contributed by atoms with van der Waals surface area (Å²) in [5.41, 5.74) is 2.51. The Morgan fingerprint density at radius 3 is 2.95 bits per heavy atom. The van der Waals surface area contributed by atoms with Crippen LogP contribution in [0.2, 0.25) is 0 Å². The van der Waals surface area contributed by atoms with Crippen LogP contribution in [0.1, 0.15) is 30.4 Å². The second-order valence-corrected chi connectivity index (χ2v) is 5.59. The lowest BCUT2D eigenvalue weighted by molar-refractivity contribution is -0.131. The Balaban J connectivity index is 1.46. The molecule has 20 heavy (non-hydrogen) atoms. The lowest BCUT2D eigenvalue weighted by atomic mass is 10.1. The van der Waals surface area contributed by atoms with E-state index in [4.69, 9.17) is 4.74 Å². The summed E-state index contributed by atoms with van der Waals surface area (Å²) in [5.74, 6) is 1.24. The van der Waals surface area contributed by atoms with E-state index in [0.29, 0.717) is 6.54 Å². The molecule has 1 N–H and O–H groups in total. The molecule has 0 aromatic heterocycles. The van der Waals surface area contributed by atoms with Gasteiger partial charge in [-0.25, -0.2) is 0 Å².